The Morgan fingerprint density at radius 1 is 0.848 bits per heavy atom. The fourth-order valence-corrected chi connectivity index (χ4v) is 9.97. The highest BCUT2D eigenvalue weighted by Crippen LogP contribution is 2.50. The number of ether oxygens (including phenoxy) is 6. The van der Waals surface area contributed by atoms with Crippen LogP contribution in [0.2, 0.25) is 0 Å². The summed E-state index contributed by atoms with van der Waals surface area (Å²) in [7, 11) is 1.43. The van der Waals surface area contributed by atoms with Crippen molar-refractivity contribution in [1.82, 2.24) is 10.2 Å². The number of hydrogen-bond donors (Lipinski definition) is 3. The lowest BCUT2D eigenvalue weighted by atomic mass is 9.78. The standard InChI is InChI=1S/C50H66N2O14/c1-24-16-15-17-25(2)48(59)51-38-39(52-22-26(3)63-27(4)23-52)43(57)35-36(42(38)56)45(65-49(60)33-18-13-12-14-19-33)31(8)46-37(35)47(58)50(10,66-46)62-21-20-34(61-11)28(5)44(64-32(9)53)30(7)41(55)29(6)40(24)54/h15-17,20-21,24,26-30,33-34,40-41,44,54-55H,12-14,18-19,22-23H2,1-11H3,(H,51,59)/b16-15-,21-20-,25-17-/t24-,26?,27?,28+,29+,30-,34-,40-,41-,44+,50-/m0/s1. The SMILES string of the molecule is CO[C@H]1/C=C\O[C@@]2(C)Oc3c(C)c(OC(=O)C4CCCCC4)c4c(c3C2=O)C(=O)C(N2CC(C)OC(C)C2)=C(NC(=O)/C(C)=C\C=C/[C@H](C)[C@H](O)[C@@H](C)[C@H](O)[C@H](C)[C@H](OC(C)=O)[C@@H]1C)C4=O. The van der Waals surface area contributed by atoms with Crippen LogP contribution in [-0.4, -0.2) is 113 Å². The van der Waals surface area contributed by atoms with Crippen LogP contribution in [0.25, 0.3) is 0 Å². The molecule has 1 amide bonds. The zero-order valence-corrected chi connectivity index (χ0v) is 39.9. The number of fused-ring (bicyclic) bond motifs is 14. The molecule has 1 saturated heterocycles. The van der Waals surface area contributed by atoms with Gasteiger partial charge in [-0.05, 0) is 46.6 Å². The Morgan fingerprint density at radius 3 is 2.12 bits per heavy atom. The van der Waals surface area contributed by atoms with Crippen molar-refractivity contribution in [1.29, 1.82) is 0 Å². The lowest BCUT2D eigenvalue weighted by molar-refractivity contribution is -0.160. The Morgan fingerprint density at radius 2 is 1.50 bits per heavy atom. The summed E-state index contributed by atoms with van der Waals surface area (Å²) in [4.78, 5) is 87.8. The maximum atomic E-state index is 15.4. The Bertz CT molecular complexity index is 2230. The fraction of sp³-hybridized carbons (Fsp3) is 0.600. The zero-order chi connectivity index (χ0) is 48.5. The summed E-state index contributed by atoms with van der Waals surface area (Å²) in [5, 5.41) is 25.8. The van der Waals surface area contributed by atoms with Crippen LogP contribution in [0.1, 0.15) is 131 Å². The number of amides is 1. The number of nitrogens with one attached hydrogen (secondary N) is 1. The van der Waals surface area contributed by atoms with E-state index in [9.17, 15) is 29.4 Å². The van der Waals surface area contributed by atoms with Gasteiger partial charge in [-0.15, -0.1) is 0 Å². The van der Waals surface area contributed by atoms with E-state index in [0.29, 0.717) is 12.8 Å². The molecule has 0 radical (unpaired) electrons. The molecular weight excluding hydrogens is 853 g/mol. The normalized spacial score (nSPS) is 34.4. The van der Waals surface area contributed by atoms with Crippen molar-refractivity contribution in [2.24, 2.45) is 29.6 Å². The van der Waals surface area contributed by atoms with Gasteiger partial charge in [-0.25, -0.2) is 0 Å². The van der Waals surface area contributed by atoms with Crippen molar-refractivity contribution in [3.8, 4) is 11.5 Å². The van der Waals surface area contributed by atoms with Crippen molar-refractivity contribution in [2.75, 3.05) is 20.2 Å². The molecule has 2 aliphatic carbocycles. The van der Waals surface area contributed by atoms with E-state index in [1.54, 1.807) is 44.7 Å². The molecule has 7 rings (SSSR count). The molecule has 360 valence electrons. The molecule has 2 fully saturated rings. The number of rotatable bonds is 5. The Kier molecular flexibility index (Phi) is 15.5. The summed E-state index contributed by atoms with van der Waals surface area (Å²) < 4.78 is 36.2. The largest absolute Gasteiger partial charge is 0.462 e. The second-order valence-corrected chi connectivity index (χ2v) is 18.9. The molecule has 1 aromatic rings. The monoisotopic (exact) mass is 918 g/mol. The molecule has 16 nitrogen and oxygen atoms in total. The van der Waals surface area contributed by atoms with Gasteiger partial charge in [0.15, 0.2) is 0 Å². The van der Waals surface area contributed by atoms with Gasteiger partial charge in [0.05, 0.1) is 59.4 Å². The minimum atomic E-state index is -2.13. The lowest BCUT2D eigenvalue weighted by Crippen LogP contribution is -2.49. The van der Waals surface area contributed by atoms with Crippen LogP contribution in [-0.2, 0) is 33.3 Å². The first kappa shape index (κ1) is 50.3. The summed E-state index contributed by atoms with van der Waals surface area (Å²) in [6, 6.07) is 0. The van der Waals surface area contributed by atoms with E-state index in [-0.39, 0.29) is 63.8 Å². The van der Waals surface area contributed by atoms with Gasteiger partial charge in [0.2, 0.25) is 11.6 Å². The predicted octanol–water partition coefficient (Wildman–Crippen LogP) is 5.85. The predicted molar refractivity (Wildman–Crippen MR) is 240 cm³/mol. The van der Waals surface area contributed by atoms with Crippen molar-refractivity contribution >= 4 is 35.2 Å². The van der Waals surface area contributed by atoms with Crippen molar-refractivity contribution in [2.45, 2.75) is 144 Å². The van der Waals surface area contributed by atoms with Crippen LogP contribution in [0, 0.1) is 36.5 Å². The lowest BCUT2D eigenvalue weighted by Gasteiger charge is -2.39. The highest BCUT2D eigenvalue weighted by atomic mass is 16.7. The van der Waals surface area contributed by atoms with Gasteiger partial charge in [-0.2, -0.15) is 0 Å². The molecule has 1 aromatic carbocycles. The van der Waals surface area contributed by atoms with Gasteiger partial charge in [-0.1, -0.05) is 65.2 Å². The Labute approximate surface area is 386 Å². The zero-order valence-electron chi connectivity index (χ0n) is 39.9. The molecule has 0 aromatic heterocycles. The number of carbonyl (C=O) groups is 6. The number of morpholine rings is 1. The van der Waals surface area contributed by atoms with E-state index in [2.05, 4.69) is 5.32 Å². The number of ketones is 3. The van der Waals surface area contributed by atoms with Gasteiger partial charge in [0, 0.05) is 68.9 Å². The molecule has 11 atom stereocenters. The van der Waals surface area contributed by atoms with E-state index in [4.69, 9.17) is 28.4 Å². The molecule has 2 unspecified atom stereocenters. The number of methoxy groups -OCH3 is 1. The quantitative estimate of drug-likeness (QED) is 0.234. The third kappa shape index (κ3) is 9.92. The van der Waals surface area contributed by atoms with Crippen molar-refractivity contribution in [3.63, 3.8) is 0 Å². The molecule has 4 heterocycles. The highest BCUT2D eigenvalue weighted by molar-refractivity contribution is 6.32. The summed E-state index contributed by atoms with van der Waals surface area (Å²) in [6.45, 7) is 16.5. The molecule has 1 saturated carbocycles. The molecule has 0 spiro atoms. The molecule has 6 aliphatic rings. The van der Waals surface area contributed by atoms with E-state index in [0.717, 1.165) is 19.3 Å². The van der Waals surface area contributed by atoms with Crippen LogP contribution < -0.4 is 14.8 Å². The molecule has 3 N–H and O–H groups in total. The van der Waals surface area contributed by atoms with E-state index >= 15 is 9.59 Å². The van der Waals surface area contributed by atoms with E-state index < -0.39 is 107 Å². The maximum absolute atomic E-state index is 15.4. The van der Waals surface area contributed by atoms with Crippen LogP contribution in [0.3, 0.4) is 0 Å². The average molecular weight is 919 g/mol. The number of esters is 2. The maximum Gasteiger partial charge on any atom is 0.314 e. The smallest absolute Gasteiger partial charge is 0.314 e. The molecule has 16 heteroatoms. The van der Waals surface area contributed by atoms with Crippen molar-refractivity contribution in [3.05, 3.63) is 69.8 Å². The first-order chi connectivity index (χ1) is 31.1. The van der Waals surface area contributed by atoms with E-state index in [1.807, 2.05) is 13.8 Å². The van der Waals surface area contributed by atoms with Gasteiger partial charge >= 0.3 is 17.7 Å². The number of Topliss-reactive ketones (excluding diaryl/α,β-unsaturated/α-hetero) is 3. The number of nitrogens with zero attached hydrogens (tertiary/aromatic N) is 1. The second kappa shape index (κ2) is 20.4. The van der Waals surface area contributed by atoms with Gasteiger partial charge in [-0.3, -0.25) is 28.8 Å². The third-order valence-corrected chi connectivity index (χ3v) is 13.8. The molecule has 5 bridgehead atoms. The summed E-state index contributed by atoms with van der Waals surface area (Å²) in [5.74, 6) is -9.92. The van der Waals surface area contributed by atoms with Crippen molar-refractivity contribution < 1.29 is 67.4 Å². The second-order valence-electron chi connectivity index (χ2n) is 18.9. The number of hydrogen-bond acceptors (Lipinski definition) is 15. The van der Waals surface area contributed by atoms with Gasteiger partial charge < -0.3 is 48.9 Å². The summed E-state index contributed by atoms with van der Waals surface area (Å²) >= 11 is 0. The Hall–Kier alpha value is -5.16. The first-order valence-corrected chi connectivity index (χ1v) is 23.1. The third-order valence-electron chi connectivity index (χ3n) is 13.8. The topological polar surface area (TPSA) is 214 Å². The average Bonchev–Trinajstić information content (AvgIpc) is 3.54. The molecule has 66 heavy (non-hydrogen) atoms. The fourth-order valence-electron chi connectivity index (χ4n) is 9.97. The van der Waals surface area contributed by atoms with Gasteiger partial charge in [0.25, 0.3) is 11.7 Å². The van der Waals surface area contributed by atoms with E-state index in [1.165, 1.54) is 53.2 Å². The number of carbonyl (C=O) groups excluding carboxylic acids is 6. The minimum absolute atomic E-state index is 0.0962. The van der Waals surface area contributed by atoms with Crippen LogP contribution in [0.15, 0.2) is 47.5 Å². The molecule has 4 aliphatic heterocycles. The minimum Gasteiger partial charge on any atom is -0.462 e. The van der Waals surface area contributed by atoms with Crippen LogP contribution in [0.5, 0.6) is 11.5 Å². The number of aliphatic hydroxyl groups is 2. The summed E-state index contributed by atoms with van der Waals surface area (Å²) in [6.07, 6.45) is 6.37. The van der Waals surface area contributed by atoms with Crippen LogP contribution >= 0.6 is 0 Å². The number of allylic oxidation sites excluding steroid dienone is 4. The summed E-state index contributed by atoms with van der Waals surface area (Å²) in [5.41, 5.74) is -1.26. The first-order valence-electron chi connectivity index (χ1n) is 23.1. The molecular formula is C50H66N2O14. The number of benzene rings is 1. The Balaban J connectivity index is 1.56. The van der Waals surface area contributed by atoms with Crippen LogP contribution in [0.4, 0.5) is 0 Å². The highest BCUT2D eigenvalue weighted by Gasteiger charge is 2.54. The number of aliphatic hydroxyl groups excluding tert-OH is 2. The van der Waals surface area contributed by atoms with Gasteiger partial charge in [0.1, 0.15) is 29.0 Å².